The molecule has 0 atom stereocenters. The number of benzene rings is 6. The summed E-state index contributed by atoms with van der Waals surface area (Å²) >= 11 is 0. The number of aromatic amines is 3. The van der Waals surface area contributed by atoms with Gasteiger partial charge in [-0.2, -0.15) is 39.5 Å². The van der Waals surface area contributed by atoms with E-state index in [2.05, 4.69) is 156 Å². The Morgan fingerprint density at radius 1 is 0.388 bits per heavy atom. The molecule has 0 bridgehead atoms. The first kappa shape index (κ1) is 79.5. The number of nitrogens with one attached hydrogen (secondary N) is 5. The monoisotopic (exact) mass is 1430 g/mol. The lowest BCUT2D eigenvalue weighted by molar-refractivity contribution is -0.141. The molecular weight excluding hydrogens is 1320 g/mol. The maximum Gasteiger partial charge on any atom is 0.431 e. The molecule has 6 aromatic carbocycles. The standard InChI is InChI=1S/C17H22F3N.C16H21NO.C14H19N.C14H21N.2C13H14F3N/c1-15(2,3)11-8-14-10(7-12(11)17(18,19)20)13(9-21-14)16(4,5)6;1-11(18)17-10-16(7-8-16)13-6-5-12(9-14(13)17)15(2,3)4;1-13(2,3)10-4-5-11-12(8-10)15-9-14(11)6-7-14;1-13(2,3)10-6-7-11-12(8-10)15-9-14(11,4)5;1-12(2,3)8-4-5-9-10(13(14,15)16)7-17-11(9)6-8;1-12(2,3)9-5-4-8-6-11(13(14,15)16)17-10(8)7-9/h7-9,21H,1-6H3;5-6,9H,7-8,10H2,1-4H3;4-5,8,15H,6-7,9H2,1-3H3;6-8,15H,9H2,1-5H3;2*4-7,17H,1-3H3. The molecule has 6 heterocycles. The Bertz CT molecular complexity index is 4460. The van der Waals surface area contributed by atoms with Crippen LogP contribution in [0.25, 0.3) is 32.7 Å². The van der Waals surface area contributed by atoms with Crippen molar-refractivity contribution in [1.29, 1.82) is 0 Å². The molecule has 103 heavy (non-hydrogen) atoms. The van der Waals surface area contributed by atoms with E-state index in [1.165, 1.54) is 77.0 Å². The molecule has 0 radical (unpaired) electrons. The Balaban J connectivity index is 0.000000144. The zero-order chi connectivity index (χ0) is 77.0. The van der Waals surface area contributed by atoms with E-state index >= 15 is 0 Å². The predicted octanol–water partition coefficient (Wildman–Crippen LogP) is 25.3. The van der Waals surface area contributed by atoms with Crippen molar-refractivity contribution in [1.82, 2.24) is 15.0 Å². The highest BCUT2D eigenvalue weighted by Crippen LogP contribution is 2.58. The molecule has 0 saturated heterocycles. The molecule has 3 aliphatic heterocycles. The van der Waals surface area contributed by atoms with Gasteiger partial charge in [-0.1, -0.05) is 220 Å². The van der Waals surface area contributed by atoms with Crippen LogP contribution in [-0.4, -0.2) is 40.5 Å². The topological polar surface area (TPSA) is 91.7 Å². The molecule has 0 unspecified atom stereocenters. The van der Waals surface area contributed by atoms with Gasteiger partial charge in [0.15, 0.2) is 0 Å². The number of carbonyl (C=O) groups is 1. The summed E-state index contributed by atoms with van der Waals surface area (Å²) in [6.45, 7) is 53.2. The minimum atomic E-state index is -4.34. The van der Waals surface area contributed by atoms with E-state index in [0.29, 0.717) is 38.2 Å². The number of hydrogen-bond donors (Lipinski definition) is 5. The number of hydrogen-bond acceptors (Lipinski definition) is 3. The van der Waals surface area contributed by atoms with Gasteiger partial charge < -0.3 is 30.5 Å². The summed E-state index contributed by atoms with van der Waals surface area (Å²) in [5, 5.41) is 8.54. The highest BCUT2D eigenvalue weighted by Gasteiger charge is 2.53. The first-order valence-electron chi connectivity index (χ1n) is 36.2. The number of rotatable bonds is 0. The van der Waals surface area contributed by atoms with Crippen molar-refractivity contribution in [3.05, 3.63) is 194 Å². The molecule has 2 saturated carbocycles. The van der Waals surface area contributed by atoms with Gasteiger partial charge in [-0.05, 0) is 168 Å². The van der Waals surface area contributed by atoms with Crippen molar-refractivity contribution in [2.24, 2.45) is 0 Å². The third-order valence-electron chi connectivity index (χ3n) is 21.1. The molecule has 7 nitrogen and oxygen atoms in total. The van der Waals surface area contributed by atoms with E-state index in [4.69, 9.17) is 0 Å². The van der Waals surface area contributed by atoms with E-state index in [0.717, 1.165) is 59.8 Å². The van der Waals surface area contributed by atoms with Crippen LogP contribution in [0.1, 0.15) is 264 Å². The van der Waals surface area contributed by atoms with Gasteiger partial charge in [0.05, 0.1) is 11.1 Å². The maximum atomic E-state index is 13.4. The lowest BCUT2D eigenvalue weighted by Gasteiger charge is -2.25. The van der Waals surface area contributed by atoms with Crippen LogP contribution in [-0.2, 0) is 77.5 Å². The van der Waals surface area contributed by atoms with E-state index in [9.17, 15) is 44.3 Å². The lowest BCUT2D eigenvalue weighted by atomic mass is 9.81. The summed E-state index contributed by atoms with van der Waals surface area (Å²) in [6.07, 6.45) is -4.90. The second kappa shape index (κ2) is 27.1. The number of halogens is 9. The molecule has 2 aliphatic carbocycles. The number of anilines is 3. The second-order valence-corrected chi connectivity index (χ2v) is 37.3. The number of carbonyl (C=O) groups excluding carboxylic acids is 1. The highest BCUT2D eigenvalue weighted by atomic mass is 19.4. The van der Waals surface area contributed by atoms with Gasteiger partial charge in [0.2, 0.25) is 5.91 Å². The van der Waals surface area contributed by atoms with Gasteiger partial charge in [-0.15, -0.1) is 0 Å². The van der Waals surface area contributed by atoms with Crippen LogP contribution in [0.3, 0.4) is 0 Å². The van der Waals surface area contributed by atoms with Gasteiger partial charge in [0.25, 0.3) is 0 Å². The number of aromatic nitrogens is 3. The van der Waals surface area contributed by atoms with Crippen molar-refractivity contribution in [3.8, 4) is 0 Å². The van der Waals surface area contributed by atoms with Crippen LogP contribution < -0.4 is 15.5 Å². The van der Waals surface area contributed by atoms with E-state index in [1.54, 1.807) is 63.6 Å². The fraction of sp³-hybridized carbons (Fsp3) is 0.506. The maximum absolute atomic E-state index is 13.4. The zero-order valence-electron chi connectivity index (χ0n) is 65.3. The molecular formula is C87H111F9N6O. The Kier molecular flexibility index (Phi) is 20.9. The third kappa shape index (κ3) is 17.9. The molecule has 1 amide bonds. The van der Waals surface area contributed by atoms with Gasteiger partial charge in [-0.3, -0.25) is 4.79 Å². The first-order chi connectivity index (χ1) is 46.8. The summed E-state index contributed by atoms with van der Waals surface area (Å²) in [6, 6.07) is 35.1. The summed E-state index contributed by atoms with van der Waals surface area (Å²) < 4.78 is 116. The van der Waals surface area contributed by atoms with Crippen molar-refractivity contribution < 1.29 is 44.3 Å². The van der Waals surface area contributed by atoms with Crippen LogP contribution >= 0.6 is 0 Å². The molecule has 5 N–H and O–H groups in total. The Hall–Kier alpha value is -7.62. The normalized spacial score (nSPS) is 16.5. The smallest absolute Gasteiger partial charge is 0.384 e. The number of nitrogens with zero attached hydrogens (tertiary/aromatic N) is 1. The summed E-state index contributed by atoms with van der Waals surface area (Å²) in [5.41, 5.74) is 16.5. The average Bonchev–Trinajstić information content (AvgIpc) is 1.56. The molecule has 14 rings (SSSR count). The van der Waals surface area contributed by atoms with Crippen molar-refractivity contribution >= 4 is 55.7 Å². The van der Waals surface area contributed by atoms with Crippen molar-refractivity contribution in [2.75, 3.05) is 35.2 Å². The van der Waals surface area contributed by atoms with E-state index < -0.39 is 40.8 Å². The molecule has 5 aliphatic rings. The molecule has 2 spiro atoms. The number of amides is 1. The molecule has 3 aromatic heterocycles. The minimum Gasteiger partial charge on any atom is -0.384 e. The molecule has 9 aromatic rings. The van der Waals surface area contributed by atoms with E-state index in [1.807, 2.05) is 79.5 Å². The molecule has 16 heteroatoms. The van der Waals surface area contributed by atoms with Crippen LogP contribution in [0.5, 0.6) is 0 Å². The van der Waals surface area contributed by atoms with Gasteiger partial charge in [0.1, 0.15) is 5.69 Å². The van der Waals surface area contributed by atoms with E-state index in [-0.39, 0.29) is 49.2 Å². The van der Waals surface area contributed by atoms with Gasteiger partial charge >= 0.3 is 18.5 Å². The van der Waals surface area contributed by atoms with Gasteiger partial charge in [0, 0.05) is 105 Å². The quantitative estimate of drug-likeness (QED) is 0.0980. The summed E-state index contributed by atoms with van der Waals surface area (Å²) in [7, 11) is 0. The molecule has 2 fully saturated rings. The van der Waals surface area contributed by atoms with Crippen molar-refractivity contribution in [3.63, 3.8) is 0 Å². The number of fused-ring (bicyclic) bond motifs is 8. The SMILES string of the molecule is CC(=O)N1CC2(CC2)c2ccc(C(C)(C)C)cc21.CC(C)(C)c1cc2[nH]cc(C(C)(C)C)c2cc1C(F)(F)F.CC(C)(C)c1ccc2c(C(F)(F)F)c[nH]c2c1.CC(C)(C)c1ccc2c(c1)NCC2(C)C.CC(C)(C)c1ccc2c(c1)NCC21CC1.CC(C)(C)c1ccc2cc(C(F)(F)F)[nH]c2c1. The third-order valence-corrected chi connectivity index (χ3v) is 21.1. The fourth-order valence-electron chi connectivity index (χ4n) is 14.0. The number of alkyl halides is 9. The zero-order valence-corrected chi connectivity index (χ0v) is 65.3. The summed E-state index contributed by atoms with van der Waals surface area (Å²) in [5.74, 6) is 0.172. The first-order valence-corrected chi connectivity index (χ1v) is 36.2. The summed E-state index contributed by atoms with van der Waals surface area (Å²) in [4.78, 5) is 22.0. The fourth-order valence-corrected chi connectivity index (χ4v) is 14.0. The largest absolute Gasteiger partial charge is 0.431 e. The molecule has 558 valence electrons. The minimum absolute atomic E-state index is 0.0717. The van der Waals surface area contributed by atoms with Gasteiger partial charge in [-0.25, -0.2) is 0 Å². The second-order valence-electron chi connectivity index (χ2n) is 37.3. The Morgan fingerprint density at radius 3 is 1.27 bits per heavy atom. The van der Waals surface area contributed by atoms with Crippen molar-refractivity contribution in [2.45, 2.75) is 265 Å². The van der Waals surface area contributed by atoms with Crippen LogP contribution in [0.4, 0.5) is 56.6 Å². The average molecular weight is 1430 g/mol. The highest BCUT2D eigenvalue weighted by molar-refractivity contribution is 5.95. The number of H-pyrrole nitrogens is 3. The lowest BCUT2D eigenvalue weighted by Crippen LogP contribution is -2.29. The Labute approximate surface area is 605 Å². The Morgan fingerprint density at radius 2 is 0.806 bits per heavy atom. The van der Waals surface area contributed by atoms with Crippen LogP contribution in [0.15, 0.2) is 122 Å². The van der Waals surface area contributed by atoms with Crippen LogP contribution in [0, 0.1) is 0 Å². The van der Waals surface area contributed by atoms with Crippen LogP contribution in [0.2, 0.25) is 0 Å². The predicted molar refractivity (Wildman–Crippen MR) is 410 cm³/mol.